The second-order valence-electron chi connectivity index (χ2n) is 3.62. The number of hydrogen-bond donors (Lipinski definition) is 3. The number of amides is 2. The zero-order chi connectivity index (χ0) is 14.4. The third kappa shape index (κ3) is 5.21. The highest BCUT2D eigenvalue weighted by Gasteiger charge is 2.13. The topological polar surface area (TPSA) is 78.4 Å². The number of benzene rings is 1. The molecule has 104 valence electrons. The van der Waals surface area contributed by atoms with E-state index in [1.54, 1.807) is 0 Å². The van der Waals surface area contributed by atoms with Gasteiger partial charge in [-0.2, -0.15) is 0 Å². The summed E-state index contributed by atoms with van der Waals surface area (Å²) in [6.45, 7) is 0.0951. The monoisotopic (exact) mass is 336 g/mol. The highest BCUT2D eigenvalue weighted by atomic mass is 79.9. The molecule has 0 spiro atoms. The number of carbonyl (C=O) groups excluding carboxylic acids is 1. The number of carboxylic acids is 1. The van der Waals surface area contributed by atoms with Crippen molar-refractivity contribution in [2.45, 2.75) is 12.8 Å². The van der Waals surface area contributed by atoms with Crippen LogP contribution in [0.5, 0.6) is 0 Å². The second kappa shape index (κ2) is 7.03. The van der Waals surface area contributed by atoms with Crippen LogP contribution in [0.2, 0.25) is 0 Å². The molecule has 19 heavy (non-hydrogen) atoms. The fourth-order valence-electron chi connectivity index (χ4n) is 1.26. The first-order valence-electron chi connectivity index (χ1n) is 5.31. The number of urea groups is 1. The molecule has 1 aromatic carbocycles. The molecule has 0 unspecified atom stereocenters. The van der Waals surface area contributed by atoms with E-state index in [4.69, 9.17) is 5.11 Å². The summed E-state index contributed by atoms with van der Waals surface area (Å²) in [6.07, 6.45) is 0.134. The second-order valence-corrected chi connectivity index (χ2v) is 4.54. The maximum Gasteiger partial charge on any atom is 0.319 e. The van der Waals surface area contributed by atoms with Crippen molar-refractivity contribution in [2.75, 3.05) is 11.9 Å². The standard InChI is InChI=1S/C11H11BrF2N2O3/c12-6-4-7(13)10(8(14)5-6)16-11(19)15-3-1-2-9(17)18/h4-5H,1-3H2,(H,17,18)(H2,15,16,19). The average molecular weight is 337 g/mol. The molecule has 0 aliphatic carbocycles. The van der Waals surface area contributed by atoms with Gasteiger partial charge in [-0.05, 0) is 18.6 Å². The molecule has 0 radical (unpaired) electrons. The number of carbonyl (C=O) groups is 2. The summed E-state index contributed by atoms with van der Waals surface area (Å²) in [5.74, 6) is -2.80. The number of hydrogen-bond acceptors (Lipinski definition) is 2. The summed E-state index contributed by atoms with van der Waals surface area (Å²) in [5, 5.41) is 12.7. The molecule has 1 aromatic rings. The molecular formula is C11H11BrF2N2O3. The third-order valence-electron chi connectivity index (χ3n) is 2.10. The molecule has 8 heteroatoms. The van der Waals surface area contributed by atoms with Crippen LogP contribution in [0, 0.1) is 11.6 Å². The molecule has 3 N–H and O–H groups in total. The first-order chi connectivity index (χ1) is 8.90. The molecule has 0 bridgehead atoms. The fraction of sp³-hybridized carbons (Fsp3) is 0.273. The Morgan fingerprint density at radius 1 is 1.26 bits per heavy atom. The predicted molar refractivity (Wildman–Crippen MR) is 67.9 cm³/mol. The number of rotatable bonds is 5. The fourth-order valence-corrected chi connectivity index (χ4v) is 1.66. The van der Waals surface area contributed by atoms with Crippen LogP contribution in [0.25, 0.3) is 0 Å². The lowest BCUT2D eigenvalue weighted by molar-refractivity contribution is -0.137. The summed E-state index contributed by atoms with van der Waals surface area (Å²) in [7, 11) is 0. The summed E-state index contributed by atoms with van der Waals surface area (Å²) in [6, 6.07) is 1.23. The normalized spacial score (nSPS) is 10.1. The minimum absolute atomic E-state index is 0.0951. The molecule has 0 atom stereocenters. The Bertz CT molecular complexity index is 474. The first-order valence-corrected chi connectivity index (χ1v) is 6.10. The molecule has 1 rings (SSSR count). The van der Waals surface area contributed by atoms with E-state index in [0.717, 1.165) is 12.1 Å². The summed E-state index contributed by atoms with van der Waals surface area (Å²) < 4.78 is 27.0. The van der Waals surface area contributed by atoms with Crippen molar-refractivity contribution in [1.82, 2.24) is 5.32 Å². The zero-order valence-corrected chi connectivity index (χ0v) is 11.3. The van der Waals surface area contributed by atoms with Gasteiger partial charge in [0.15, 0.2) is 11.6 Å². The molecule has 0 saturated heterocycles. The van der Waals surface area contributed by atoms with Crippen LogP contribution in [0.1, 0.15) is 12.8 Å². The van der Waals surface area contributed by atoms with Gasteiger partial charge in [0.2, 0.25) is 0 Å². The maximum absolute atomic E-state index is 13.4. The molecule has 0 heterocycles. The van der Waals surface area contributed by atoms with Gasteiger partial charge in [0.25, 0.3) is 0 Å². The Kier molecular flexibility index (Phi) is 5.68. The van der Waals surface area contributed by atoms with Crippen molar-refractivity contribution in [3.05, 3.63) is 28.2 Å². The number of nitrogens with one attached hydrogen (secondary N) is 2. The number of carboxylic acid groups (broad SMARTS) is 1. The Balaban J connectivity index is 2.51. The number of halogens is 3. The zero-order valence-electron chi connectivity index (χ0n) is 9.67. The Morgan fingerprint density at radius 2 is 1.84 bits per heavy atom. The SMILES string of the molecule is O=C(O)CCCNC(=O)Nc1c(F)cc(Br)cc1F. The van der Waals surface area contributed by atoms with Gasteiger partial charge >= 0.3 is 12.0 Å². The van der Waals surface area contributed by atoms with Gasteiger partial charge < -0.3 is 15.7 Å². The largest absolute Gasteiger partial charge is 0.481 e. The van der Waals surface area contributed by atoms with E-state index in [-0.39, 0.29) is 23.9 Å². The summed E-state index contributed by atoms with van der Waals surface area (Å²) in [4.78, 5) is 21.6. The molecule has 2 amide bonds. The minimum atomic E-state index is -0.979. The molecule has 5 nitrogen and oxygen atoms in total. The molecule has 0 fully saturated rings. The lowest BCUT2D eigenvalue weighted by Crippen LogP contribution is -2.30. The van der Waals surface area contributed by atoms with Crippen molar-refractivity contribution in [3.63, 3.8) is 0 Å². The molecule has 0 aromatic heterocycles. The van der Waals surface area contributed by atoms with Crippen molar-refractivity contribution < 1.29 is 23.5 Å². The van der Waals surface area contributed by atoms with Gasteiger partial charge in [-0.15, -0.1) is 0 Å². The van der Waals surface area contributed by atoms with Crippen LogP contribution in [-0.2, 0) is 4.79 Å². The van der Waals surface area contributed by atoms with Crippen LogP contribution < -0.4 is 10.6 Å². The number of aliphatic carboxylic acids is 1. The lowest BCUT2D eigenvalue weighted by Gasteiger charge is -2.09. The van der Waals surface area contributed by atoms with Gasteiger partial charge in [0, 0.05) is 17.4 Å². The Hall–Kier alpha value is -1.70. The van der Waals surface area contributed by atoms with Crippen LogP contribution in [0.3, 0.4) is 0 Å². The maximum atomic E-state index is 13.4. The van der Waals surface area contributed by atoms with Gasteiger partial charge in [-0.3, -0.25) is 4.79 Å². The molecule has 0 aliphatic rings. The third-order valence-corrected chi connectivity index (χ3v) is 2.56. The minimum Gasteiger partial charge on any atom is -0.481 e. The highest BCUT2D eigenvalue weighted by molar-refractivity contribution is 9.10. The van der Waals surface area contributed by atoms with E-state index in [1.165, 1.54) is 0 Å². The van der Waals surface area contributed by atoms with Crippen molar-refractivity contribution in [3.8, 4) is 0 Å². The molecule has 0 aliphatic heterocycles. The van der Waals surface area contributed by atoms with Crippen molar-refractivity contribution >= 4 is 33.6 Å². The smallest absolute Gasteiger partial charge is 0.319 e. The molecular weight excluding hydrogens is 326 g/mol. The van der Waals surface area contributed by atoms with Gasteiger partial charge in [-0.1, -0.05) is 15.9 Å². The van der Waals surface area contributed by atoms with E-state index < -0.39 is 29.3 Å². The Labute approximate surface area is 116 Å². The van der Waals surface area contributed by atoms with Gasteiger partial charge in [-0.25, -0.2) is 13.6 Å². The van der Waals surface area contributed by atoms with Crippen LogP contribution in [0.15, 0.2) is 16.6 Å². The molecule has 0 saturated carbocycles. The quantitative estimate of drug-likeness (QED) is 0.723. The average Bonchev–Trinajstić information content (AvgIpc) is 2.29. The first kappa shape index (κ1) is 15.4. The summed E-state index contributed by atoms with van der Waals surface area (Å²) in [5.41, 5.74) is -0.557. The predicted octanol–water partition coefficient (Wildman–Crippen LogP) is 2.71. The van der Waals surface area contributed by atoms with Crippen molar-refractivity contribution in [2.24, 2.45) is 0 Å². The van der Waals surface area contributed by atoms with E-state index in [9.17, 15) is 18.4 Å². The number of anilines is 1. The van der Waals surface area contributed by atoms with Crippen LogP contribution in [-0.4, -0.2) is 23.7 Å². The van der Waals surface area contributed by atoms with Gasteiger partial charge in [0.05, 0.1) is 0 Å². The Morgan fingerprint density at radius 3 is 2.37 bits per heavy atom. The van der Waals surface area contributed by atoms with E-state index in [2.05, 4.69) is 21.2 Å². The van der Waals surface area contributed by atoms with E-state index >= 15 is 0 Å². The van der Waals surface area contributed by atoms with Crippen LogP contribution in [0.4, 0.5) is 19.3 Å². The van der Waals surface area contributed by atoms with E-state index in [0.29, 0.717) is 0 Å². The lowest BCUT2D eigenvalue weighted by atomic mass is 10.3. The summed E-state index contributed by atoms with van der Waals surface area (Å²) >= 11 is 2.91. The van der Waals surface area contributed by atoms with E-state index in [1.807, 2.05) is 5.32 Å². The van der Waals surface area contributed by atoms with Crippen LogP contribution >= 0.6 is 15.9 Å². The van der Waals surface area contributed by atoms with Crippen molar-refractivity contribution in [1.29, 1.82) is 0 Å². The van der Waals surface area contributed by atoms with Gasteiger partial charge in [0.1, 0.15) is 5.69 Å². The highest BCUT2D eigenvalue weighted by Crippen LogP contribution is 2.23.